The highest BCUT2D eigenvalue weighted by molar-refractivity contribution is 7.13. The van der Waals surface area contributed by atoms with Crippen LogP contribution in [0.1, 0.15) is 18.7 Å². The van der Waals surface area contributed by atoms with Crippen LogP contribution in [0.25, 0.3) is 10.8 Å². The van der Waals surface area contributed by atoms with Crippen LogP contribution in [-0.4, -0.2) is 39.9 Å². The summed E-state index contributed by atoms with van der Waals surface area (Å²) in [6, 6.07) is 3.96. The molecule has 6 heteroatoms. The van der Waals surface area contributed by atoms with E-state index in [-0.39, 0.29) is 0 Å². The molecule has 1 N–H and O–H groups in total. The molecule has 0 spiro atoms. The van der Waals surface area contributed by atoms with Crippen LogP contribution in [0, 0.1) is 5.92 Å². The highest BCUT2D eigenvalue weighted by Gasteiger charge is 2.20. The second-order valence-corrected chi connectivity index (χ2v) is 5.83. The minimum Gasteiger partial charge on any atom is -0.419 e. The molecule has 0 bridgehead atoms. The lowest BCUT2D eigenvalue weighted by Gasteiger charge is -2.29. The van der Waals surface area contributed by atoms with Crippen LogP contribution in [-0.2, 0) is 6.54 Å². The van der Waals surface area contributed by atoms with Gasteiger partial charge in [-0.25, -0.2) is 0 Å². The van der Waals surface area contributed by atoms with E-state index in [0.29, 0.717) is 30.9 Å². The average molecular weight is 279 g/mol. The monoisotopic (exact) mass is 279 g/mol. The van der Waals surface area contributed by atoms with Gasteiger partial charge in [0.25, 0.3) is 5.89 Å². The minimum absolute atomic E-state index is 0.303. The van der Waals surface area contributed by atoms with Crippen LogP contribution in [0.5, 0.6) is 0 Å². The number of nitrogens with zero attached hydrogens (tertiary/aromatic N) is 3. The van der Waals surface area contributed by atoms with Crippen molar-refractivity contribution < 1.29 is 9.52 Å². The van der Waals surface area contributed by atoms with E-state index in [9.17, 15) is 0 Å². The van der Waals surface area contributed by atoms with Gasteiger partial charge in [-0.05, 0) is 43.3 Å². The molecular formula is C13H17N3O2S. The minimum atomic E-state index is 0.303. The number of hydrogen-bond acceptors (Lipinski definition) is 6. The number of aliphatic hydroxyl groups excluding tert-OH is 1. The SMILES string of the molecule is OCC1CCN(Cc2nnc(-c3cccs3)o2)CC1. The molecule has 3 heterocycles. The van der Waals surface area contributed by atoms with Gasteiger partial charge < -0.3 is 9.52 Å². The van der Waals surface area contributed by atoms with E-state index in [2.05, 4.69) is 15.1 Å². The largest absolute Gasteiger partial charge is 0.419 e. The number of aromatic nitrogens is 2. The number of hydrogen-bond donors (Lipinski definition) is 1. The molecule has 5 nitrogen and oxygen atoms in total. The molecule has 0 amide bonds. The molecule has 2 aromatic rings. The standard InChI is InChI=1S/C13H17N3O2S/c17-9-10-3-5-16(6-4-10)8-12-14-15-13(18-12)11-2-1-7-19-11/h1-2,7,10,17H,3-6,8-9H2. The Hall–Kier alpha value is -1.24. The van der Waals surface area contributed by atoms with Gasteiger partial charge >= 0.3 is 0 Å². The lowest BCUT2D eigenvalue weighted by molar-refractivity contribution is 0.121. The fourth-order valence-electron chi connectivity index (χ4n) is 2.34. The van der Waals surface area contributed by atoms with Crippen molar-refractivity contribution in [2.24, 2.45) is 5.92 Å². The molecule has 1 fully saturated rings. The fraction of sp³-hybridized carbons (Fsp3) is 0.538. The first-order valence-electron chi connectivity index (χ1n) is 6.54. The molecular weight excluding hydrogens is 262 g/mol. The van der Waals surface area contributed by atoms with Crippen molar-refractivity contribution in [3.8, 4) is 10.8 Å². The number of thiophene rings is 1. The summed E-state index contributed by atoms with van der Waals surface area (Å²) in [6.07, 6.45) is 2.09. The molecule has 3 rings (SSSR count). The molecule has 1 aliphatic heterocycles. The van der Waals surface area contributed by atoms with Gasteiger partial charge in [-0.1, -0.05) is 6.07 Å². The molecule has 2 aromatic heterocycles. The van der Waals surface area contributed by atoms with Gasteiger partial charge in [-0.2, -0.15) is 0 Å². The Morgan fingerprint density at radius 3 is 2.89 bits per heavy atom. The predicted molar refractivity (Wildman–Crippen MR) is 72.7 cm³/mol. The van der Waals surface area contributed by atoms with Gasteiger partial charge in [0.15, 0.2) is 0 Å². The Bertz CT molecular complexity index is 504. The first-order valence-corrected chi connectivity index (χ1v) is 7.42. The summed E-state index contributed by atoms with van der Waals surface area (Å²) in [4.78, 5) is 3.32. The summed E-state index contributed by atoms with van der Waals surface area (Å²) >= 11 is 1.60. The van der Waals surface area contributed by atoms with Crippen molar-refractivity contribution in [1.29, 1.82) is 0 Å². The number of piperidine rings is 1. The van der Waals surface area contributed by atoms with E-state index in [1.807, 2.05) is 17.5 Å². The summed E-state index contributed by atoms with van der Waals surface area (Å²) in [5.41, 5.74) is 0. The van der Waals surface area contributed by atoms with Crippen LogP contribution < -0.4 is 0 Å². The highest BCUT2D eigenvalue weighted by atomic mass is 32.1. The maximum atomic E-state index is 9.12. The third-order valence-electron chi connectivity index (χ3n) is 3.52. The molecule has 19 heavy (non-hydrogen) atoms. The average Bonchev–Trinajstić information content (AvgIpc) is 3.10. The fourth-order valence-corrected chi connectivity index (χ4v) is 2.98. The molecule has 0 unspecified atom stereocenters. The van der Waals surface area contributed by atoms with E-state index < -0.39 is 0 Å². The molecule has 1 saturated heterocycles. The van der Waals surface area contributed by atoms with Crippen molar-refractivity contribution >= 4 is 11.3 Å². The summed E-state index contributed by atoms with van der Waals surface area (Å²) < 4.78 is 5.68. The highest BCUT2D eigenvalue weighted by Crippen LogP contribution is 2.24. The van der Waals surface area contributed by atoms with Crippen molar-refractivity contribution in [1.82, 2.24) is 15.1 Å². The van der Waals surface area contributed by atoms with Crippen LogP contribution >= 0.6 is 11.3 Å². The van der Waals surface area contributed by atoms with Crippen LogP contribution in [0.2, 0.25) is 0 Å². The number of aliphatic hydroxyl groups is 1. The third-order valence-corrected chi connectivity index (χ3v) is 4.38. The third kappa shape index (κ3) is 3.02. The Morgan fingerprint density at radius 2 is 2.21 bits per heavy atom. The summed E-state index contributed by atoms with van der Waals surface area (Å²) in [5, 5.41) is 19.3. The maximum absolute atomic E-state index is 9.12. The second-order valence-electron chi connectivity index (χ2n) is 4.88. The molecule has 1 aliphatic rings. The van der Waals surface area contributed by atoms with Crippen LogP contribution in [0.4, 0.5) is 0 Å². The van der Waals surface area contributed by atoms with Gasteiger partial charge in [-0.15, -0.1) is 21.5 Å². The molecule has 0 atom stereocenters. The lowest BCUT2D eigenvalue weighted by Crippen LogP contribution is -2.34. The Balaban J connectivity index is 1.59. The van der Waals surface area contributed by atoms with Crippen molar-refractivity contribution in [3.05, 3.63) is 23.4 Å². The lowest BCUT2D eigenvalue weighted by atomic mass is 9.98. The van der Waals surface area contributed by atoms with E-state index in [4.69, 9.17) is 9.52 Å². The first-order chi connectivity index (χ1) is 9.35. The molecule has 0 aliphatic carbocycles. The Labute approximate surface area is 115 Å². The van der Waals surface area contributed by atoms with E-state index in [0.717, 1.165) is 30.8 Å². The van der Waals surface area contributed by atoms with E-state index >= 15 is 0 Å². The number of likely N-dealkylation sites (tertiary alicyclic amines) is 1. The molecule has 0 aromatic carbocycles. The van der Waals surface area contributed by atoms with Crippen molar-refractivity contribution in [3.63, 3.8) is 0 Å². The van der Waals surface area contributed by atoms with Crippen LogP contribution in [0.3, 0.4) is 0 Å². The van der Waals surface area contributed by atoms with Gasteiger partial charge in [0.1, 0.15) is 0 Å². The zero-order valence-corrected chi connectivity index (χ0v) is 11.5. The normalized spacial score (nSPS) is 17.9. The summed E-state index contributed by atoms with van der Waals surface area (Å²) in [7, 11) is 0. The number of rotatable bonds is 4. The zero-order valence-electron chi connectivity index (χ0n) is 10.7. The smallest absolute Gasteiger partial charge is 0.257 e. The first kappa shape index (κ1) is 12.8. The van der Waals surface area contributed by atoms with Crippen LogP contribution in [0.15, 0.2) is 21.9 Å². The van der Waals surface area contributed by atoms with Gasteiger partial charge in [-0.3, -0.25) is 4.90 Å². The Morgan fingerprint density at radius 1 is 1.37 bits per heavy atom. The summed E-state index contributed by atoms with van der Waals surface area (Å²) in [6.45, 7) is 2.98. The molecule has 0 saturated carbocycles. The van der Waals surface area contributed by atoms with E-state index in [1.165, 1.54) is 0 Å². The molecule has 102 valence electrons. The van der Waals surface area contributed by atoms with Crippen molar-refractivity contribution in [2.75, 3.05) is 19.7 Å². The van der Waals surface area contributed by atoms with E-state index in [1.54, 1.807) is 11.3 Å². The summed E-state index contributed by atoms with van der Waals surface area (Å²) in [5.74, 6) is 1.74. The van der Waals surface area contributed by atoms with Gasteiger partial charge in [0, 0.05) is 6.61 Å². The topological polar surface area (TPSA) is 62.4 Å². The predicted octanol–water partition coefficient (Wildman–Crippen LogP) is 2.00. The maximum Gasteiger partial charge on any atom is 0.257 e. The van der Waals surface area contributed by atoms with Gasteiger partial charge in [0.2, 0.25) is 5.89 Å². The van der Waals surface area contributed by atoms with Crippen molar-refractivity contribution in [2.45, 2.75) is 19.4 Å². The zero-order chi connectivity index (χ0) is 13.1. The van der Waals surface area contributed by atoms with Gasteiger partial charge in [0.05, 0.1) is 11.4 Å². The Kier molecular flexibility index (Phi) is 3.91. The molecule has 0 radical (unpaired) electrons. The second kappa shape index (κ2) is 5.81. The quantitative estimate of drug-likeness (QED) is 0.927.